The van der Waals surface area contributed by atoms with Crippen LogP contribution in [0.25, 0.3) is 0 Å². The molecule has 3 N–H and O–H groups in total. The summed E-state index contributed by atoms with van der Waals surface area (Å²) in [5.74, 6) is 0.611. The van der Waals surface area contributed by atoms with Crippen molar-refractivity contribution in [2.75, 3.05) is 13.2 Å². The van der Waals surface area contributed by atoms with Gasteiger partial charge >= 0.3 is 0 Å². The summed E-state index contributed by atoms with van der Waals surface area (Å²) < 4.78 is 5.82. The van der Waals surface area contributed by atoms with Crippen molar-refractivity contribution in [2.45, 2.75) is 52.5 Å². The van der Waals surface area contributed by atoms with Crippen LogP contribution in [-0.2, 0) is 4.79 Å². The highest BCUT2D eigenvalue weighted by Crippen LogP contribution is 2.21. The molecular weight excluding hydrogens is 264 g/mol. The SMILES string of the molecule is CCCNC(C)(CCCOc1cccc(C)c1C)C(N)=O. The zero-order chi connectivity index (χ0) is 15.9. The van der Waals surface area contributed by atoms with Gasteiger partial charge < -0.3 is 15.8 Å². The van der Waals surface area contributed by atoms with Gasteiger partial charge in [0.2, 0.25) is 5.91 Å². The third kappa shape index (κ3) is 5.05. The number of primary amides is 1. The van der Waals surface area contributed by atoms with Crippen LogP contribution in [-0.4, -0.2) is 24.6 Å². The first kappa shape index (κ1) is 17.5. The standard InChI is InChI=1S/C17H28N2O2/c1-5-11-19-17(4,16(18)20)10-7-12-21-15-9-6-8-13(2)14(15)3/h6,8-9,19H,5,7,10-12H2,1-4H3,(H2,18,20). The van der Waals surface area contributed by atoms with Gasteiger partial charge in [-0.05, 0) is 63.8 Å². The second-order valence-electron chi connectivity index (χ2n) is 5.77. The minimum absolute atomic E-state index is 0.303. The highest BCUT2D eigenvalue weighted by Gasteiger charge is 2.29. The molecule has 0 radical (unpaired) electrons. The summed E-state index contributed by atoms with van der Waals surface area (Å²) in [6, 6.07) is 6.04. The normalized spacial score (nSPS) is 13.7. The van der Waals surface area contributed by atoms with Gasteiger partial charge in [-0.3, -0.25) is 4.79 Å². The molecule has 1 aromatic carbocycles. The number of nitrogens with one attached hydrogen (secondary N) is 1. The fraction of sp³-hybridized carbons (Fsp3) is 0.588. The quantitative estimate of drug-likeness (QED) is 0.688. The molecule has 0 aliphatic carbocycles. The Morgan fingerprint density at radius 1 is 1.38 bits per heavy atom. The molecule has 0 aliphatic heterocycles. The van der Waals surface area contributed by atoms with Gasteiger partial charge in [-0.25, -0.2) is 0 Å². The van der Waals surface area contributed by atoms with E-state index < -0.39 is 5.54 Å². The van der Waals surface area contributed by atoms with Gasteiger partial charge in [0.15, 0.2) is 0 Å². The molecule has 21 heavy (non-hydrogen) atoms. The second kappa shape index (κ2) is 8.03. The Kier molecular flexibility index (Phi) is 6.69. The number of carbonyl (C=O) groups is 1. The Bertz CT molecular complexity index is 474. The molecule has 1 aromatic rings. The summed E-state index contributed by atoms with van der Waals surface area (Å²) in [5.41, 5.74) is 7.24. The number of benzene rings is 1. The van der Waals surface area contributed by atoms with E-state index in [1.54, 1.807) is 0 Å². The van der Waals surface area contributed by atoms with Crippen molar-refractivity contribution in [3.63, 3.8) is 0 Å². The minimum Gasteiger partial charge on any atom is -0.493 e. The molecule has 118 valence electrons. The molecule has 0 heterocycles. The van der Waals surface area contributed by atoms with Crippen molar-refractivity contribution in [1.29, 1.82) is 0 Å². The molecule has 0 saturated carbocycles. The van der Waals surface area contributed by atoms with Crippen LogP contribution in [0.3, 0.4) is 0 Å². The fourth-order valence-corrected chi connectivity index (χ4v) is 2.19. The maximum Gasteiger partial charge on any atom is 0.237 e. The smallest absolute Gasteiger partial charge is 0.237 e. The first-order chi connectivity index (χ1) is 9.90. The number of hydrogen-bond acceptors (Lipinski definition) is 3. The molecular formula is C17H28N2O2. The van der Waals surface area contributed by atoms with E-state index in [-0.39, 0.29) is 5.91 Å². The molecule has 0 fully saturated rings. The van der Waals surface area contributed by atoms with Crippen molar-refractivity contribution < 1.29 is 9.53 Å². The predicted octanol–water partition coefficient (Wildman–Crippen LogP) is 2.71. The highest BCUT2D eigenvalue weighted by molar-refractivity contribution is 5.84. The van der Waals surface area contributed by atoms with Gasteiger partial charge in [0.05, 0.1) is 12.1 Å². The molecule has 1 amide bonds. The molecule has 1 unspecified atom stereocenters. The lowest BCUT2D eigenvalue weighted by Gasteiger charge is -2.27. The monoisotopic (exact) mass is 292 g/mol. The molecule has 4 nitrogen and oxygen atoms in total. The zero-order valence-electron chi connectivity index (χ0n) is 13.7. The molecule has 1 atom stereocenters. The average Bonchev–Trinajstić information content (AvgIpc) is 2.45. The van der Waals surface area contributed by atoms with Gasteiger partial charge in [0, 0.05) is 0 Å². The highest BCUT2D eigenvalue weighted by atomic mass is 16.5. The van der Waals surface area contributed by atoms with E-state index in [0.717, 1.165) is 25.1 Å². The van der Waals surface area contributed by atoms with Gasteiger partial charge in [-0.15, -0.1) is 0 Å². The number of nitrogens with two attached hydrogens (primary N) is 1. The van der Waals surface area contributed by atoms with Crippen molar-refractivity contribution in [1.82, 2.24) is 5.32 Å². The lowest BCUT2D eigenvalue weighted by Crippen LogP contribution is -2.53. The minimum atomic E-state index is -0.652. The molecule has 0 bridgehead atoms. The van der Waals surface area contributed by atoms with Gasteiger partial charge in [-0.2, -0.15) is 0 Å². The Balaban J connectivity index is 2.48. The fourth-order valence-electron chi connectivity index (χ4n) is 2.19. The van der Waals surface area contributed by atoms with Crippen LogP contribution < -0.4 is 15.8 Å². The van der Waals surface area contributed by atoms with E-state index >= 15 is 0 Å². The topological polar surface area (TPSA) is 64.3 Å². The third-order valence-electron chi connectivity index (χ3n) is 3.94. The van der Waals surface area contributed by atoms with Crippen LogP contribution in [0.1, 0.15) is 44.2 Å². The Hall–Kier alpha value is -1.55. The Labute approximate surface area is 128 Å². The number of carbonyl (C=O) groups excluding carboxylic acids is 1. The zero-order valence-corrected chi connectivity index (χ0v) is 13.7. The Morgan fingerprint density at radius 2 is 2.10 bits per heavy atom. The third-order valence-corrected chi connectivity index (χ3v) is 3.94. The Morgan fingerprint density at radius 3 is 2.71 bits per heavy atom. The summed E-state index contributed by atoms with van der Waals surface area (Å²) in [5, 5.41) is 3.23. The maximum absolute atomic E-state index is 11.6. The summed E-state index contributed by atoms with van der Waals surface area (Å²) in [4.78, 5) is 11.6. The van der Waals surface area contributed by atoms with Crippen LogP contribution >= 0.6 is 0 Å². The number of aryl methyl sites for hydroxylation is 1. The van der Waals surface area contributed by atoms with E-state index in [9.17, 15) is 4.79 Å². The van der Waals surface area contributed by atoms with Gasteiger partial charge in [0.25, 0.3) is 0 Å². The molecule has 0 aromatic heterocycles. The lowest BCUT2D eigenvalue weighted by molar-refractivity contribution is -0.124. The van der Waals surface area contributed by atoms with Crippen LogP contribution in [0.5, 0.6) is 5.75 Å². The molecule has 0 saturated heterocycles. The van der Waals surface area contributed by atoms with Gasteiger partial charge in [-0.1, -0.05) is 19.1 Å². The van der Waals surface area contributed by atoms with E-state index in [2.05, 4.69) is 32.2 Å². The number of hydrogen-bond donors (Lipinski definition) is 2. The molecule has 0 spiro atoms. The predicted molar refractivity (Wildman–Crippen MR) is 86.5 cm³/mol. The van der Waals surface area contributed by atoms with Crippen LogP contribution in [0.4, 0.5) is 0 Å². The van der Waals surface area contributed by atoms with Crippen molar-refractivity contribution in [3.05, 3.63) is 29.3 Å². The van der Waals surface area contributed by atoms with Crippen LogP contribution in [0.2, 0.25) is 0 Å². The summed E-state index contributed by atoms with van der Waals surface area (Å²) in [7, 11) is 0. The first-order valence-electron chi connectivity index (χ1n) is 7.64. The van der Waals surface area contributed by atoms with Crippen LogP contribution in [0.15, 0.2) is 18.2 Å². The number of rotatable bonds is 9. The van der Waals surface area contributed by atoms with E-state index in [4.69, 9.17) is 10.5 Å². The lowest BCUT2D eigenvalue weighted by atomic mass is 9.95. The second-order valence-corrected chi connectivity index (χ2v) is 5.77. The van der Waals surface area contributed by atoms with E-state index in [1.807, 2.05) is 19.1 Å². The summed E-state index contributed by atoms with van der Waals surface area (Å²) in [6.45, 7) is 9.43. The van der Waals surface area contributed by atoms with E-state index in [1.165, 1.54) is 11.1 Å². The van der Waals surface area contributed by atoms with Crippen molar-refractivity contribution in [3.8, 4) is 5.75 Å². The largest absolute Gasteiger partial charge is 0.493 e. The first-order valence-corrected chi connectivity index (χ1v) is 7.64. The molecule has 1 rings (SSSR count). The maximum atomic E-state index is 11.6. The molecule has 4 heteroatoms. The van der Waals surface area contributed by atoms with Gasteiger partial charge in [0.1, 0.15) is 5.75 Å². The van der Waals surface area contributed by atoms with Crippen molar-refractivity contribution >= 4 is 5.91 Å². The average molecular weight is 292 g/mol. The summed E-state index contributed by atoms with van der Waals surface area (Å²) in [6.07, 6.45) is 2.43. The number of ether oxygens (including phenoxy) is 1. The molecule has 0 aliphatic rings. The van der Waals surface area contributed by atoms with Crippen LogP contribution in [0, 0.1) is 13.8 Å². The summed E-state index contributed by atoms with van der Waals surface area (Å²) >= 11 is 0. The number of amides is 1. The van der Waals surface area contributed by atoms with Crippen molar-refractivity contribution in [2.24, 2.45) is 5.73 Å². The van der Waals surface area contributed by atoms with E-state index in [0.29, 0.717) is 13.0 Å².